The molecule has 0 aliphatic carbocycles. The average Bonchev–Trinajstić information content (AvgIpc) is 3.02. The minimum absolute atomic E-state index is 0.0442. The molecule has 0 aliphatic rings. The van der Waals surface area contributed by atoms with Crippen molar-refractivity contribution in [2.75, 3.05) is 5.75 Å². The second-order valence-corrected chi connectivity index (χ2v) is 6.71. The van der Waals surface area contributed by atoms with Crippen LogP contribution in [0.1, 0.15) is 13.3 Å². The molecule has 136 valence electrons. The van der Waals surface area contributed by atoms with Gasteiger partial charge in [0.1, 0.15) is 11.6 Å². The molecule has 2 N–H and O–H groups in total. The van der Waals surface area contributed by atoms with E-state index in [4.69, 9.17) is 5.21 Å². The summed E-state index contributed by atoms with van der Waals surface area (Å²) in [4.78, 5) is 11.7. The first-order valence-corrected chi connectivity index (χ1v) is 8.48. The van der Waals surface area contributed by atoms with Gasteiger partial charge in [0.2, 0.25) is 5.91 Å². The molecule has 0 saturated carbocycles. The number of hydrogen-bond acceptors (Lipinski definition) is 5. The lowest BCUT2D eigenvalue weighted by atomic mass is 9.88. The van der Waals surface area contributed by atoms with Gasteiger partial charge in [0, 0.05) is 29.6 Å². The number of benzene rings is 1. The van der Waals surface area contributed by atoms with Crippen molar-refractivity contribution in [3.05, 3.63) is 42.2 Å². The Balaban J connectivity index is 2.16. The van der Waals surface area contributed by atoms with Crippen LogP contribution in [0.3, 0.4) is 0 Å². The van der Waals surface area contributed by atoms with Crippen LogP contribution in [0.4, 0.5) is 8.78 Å². The number of hydroxylamine groups is 1. The number of aromatic nitrogens is 2. The van der Waals surface area contributed by atoms with Gasteiger partial charge >= 0.3 is 0 Å². The fourth-order valence-electron chi connectivity index (χ4n) is 2.35. The van der Waals surface area contributed by atoms with E-state index in [0.29, 0.717) is 5.56 Å². The molecule has 0 bridgehead atoms. The molecule has 2 unspecified atom stereocenters. The molecule has 7 nitrogen and oxygen atoms in total. The number of rotatable bonds is 7. The molecule has 0 spiro atoms. The summed E-state index contributed by atoms with van der Waals surface area (Å²) in [5.74, 6) is -2.51. The zero-order valence-electron chi connectivity index (χ0n) is 13.2. The lowest BCUT2D eigenvalue weighted by Crippen LogP contribution is -2.42. The van der Waals surface area contributed by atoms with Crippen LogP contribution in [0.5, 0.6) is 0 Å². The summed E-state index contributed by atoms with van der Waals surface area (Å²) >= 11 is -2.49. The Morgan fingerprint density at radius 2 is 2.20 bits per heavy atom. The van der Waals surface area contributed by atoms with E-state index >= 15 is 0 Å². The monoisotopic (exact) mass is 372 g/mol. The highest BCUT2D eigenvalue weighted by atomic mass is 32.2. The van der Waals surface area contributed by atoms with Crippen LogP contribution in [0, 0.1) is 17.0 Å². The van der Waals surface area contributed by atoms with Crippen LogP contribution in [0.15, 0.2) is 30.6 Å². The number of nitrogens with one attached hydrogen (secondary N) is 1. The number of nitrogens with zero attached hydrogens (tertiary/aromatic N) is 2. The molecule has 1 aromatic heterocycles. The van der Waals surface area contributed by atoms with Gasteiger partial charge in [0.15, 0.2) is 0 Å². The zero-order chi connectivity index (χ0) is 18.6. The molecule has 1 aromatic carbocycles. The van der Waals surface area contributed by atoms with E-state index in [1.807, 2.05) is 0 Å². The van der Waals surface area contributed by atoms with Gasteiger partial charge in [-0.05, 0) is 31.5 Å². The summed E-state index contributed by atoms with van der Waals surface area (Å²) in [6.07, 6.45) is 2.86. The van der Waals surface area contributed by atoms with Crippen LogP contribution in [0.25, 0.3) is 11.1 Å². The molecule has 1 heterocycles. The van der Waals surface area contributed by atoms with Crippen molar-refractivity contribution in [2.45, 2.75) is 19.9 Å². The van der Waals surface area contributed by atoms with Crippen LogP contribution < -0.4 is 5.48 Å². The number of carbonyl (C=O) groups is 1. The van der Waals surface area contributed by atoms with Crippen LogP contribution in [-0.2, 0) is 22.4 Å². The van der Waals surface area contributed by atoms with Crippen molar-refractivity contribution in [1.29, 1.82) is 0 Å². The minimum Gasteiger partial charge on any atom is -0.772 e. The number of halogens is 2. The number of amides is 1. The first kappa shape index (κ1) is 19.2. The van der Waals surface area contributed by atoms with E-state index < -0.39 is 39.8 Å². The molecule has 0 fully saturated rings. The molecule has 25 heavy (non-hydrogen) atoms. The summed E-state index contributed by atoms with van der Waals surface area (Å²) in [5, 5.41) is 12.8. The smallest absolute Gasteiger partial charge is 0.250 e. The Hall–Kier alpha value is -2.17. The van der Waals surface area contributed by atoms with Crippen LogP contribution in [0.2, 0.25) is 0 Å². The third kappa shape index (κ3) is 4.68. The van der Waals surface area contributed by atoms with Gasteiger partial charge in [-0.3, -0.25) is 18.9 Å². The van der Waals surface area contributed by atoms with Gasteiger partial charge in [-0.1, -0.05) is 11.1 Å². The maximum absolute atomic E-state index is 13.8. The summed E-state index contributed by atoms with van der Waals surface area (Å²) < 4.78 is 50.3. The fraction of sp³-hybridized carbons (Fsp3) is 0.333. The molecule has 10 heteroatoms. The standard InChI is InChI=1S/C15H17F2N3O4S/c1-15(9-25(23)24,14(21)19-22)4-5-20-8-10(7-18-20)12-6-11(16)2-3-13(12)17/h2-3,6-8,22H,4-5,9H2,1H3,(H,19,21)(H,23,24)/p-1. The number of hydrogen-bond donors (Lipinski definition) is 2. The van der Waals surface area contributed by atoms with E-state index in [0.717, 1.165) is 18.2 Å². The van der Waals surface area contributed by atoms with Gasteiger partial charge < -0.3 is 4.55 Å². The Morgan fingerprint density at radius 3 is 2.84 bits per heavy atom. The Bertz CT molecular complexity index is 799. The molecule has 1 amide bonds. The van der Waals surface area contributed by atoms with E-state index in [2.05, 4.69) is 5.10 Å². The summed E-state index contributed by atoms with van der Waals surface area (Å²) in [5.41, 5.74) is 0.485. The Morgan fingerprint density at radius 1 is 1.48 bits per heavy atom. The number of aryl methyl sites for hydroxylation is 1. The Kier molecular flexibility index (Phi) is 5.98. The third-order valence-electron chi connectivity index (χ3n) is 3.85. The van der Waals surface area contributed by atoms with E-state index in [1.54, 1.807) is 0 Å². The third-order valence-corrected chi connectivity index (χ3v) is 4.72. The summed E-state index contributed by atoms with van der Waals surface area (Å²) in [7, 11) is 0. The predicted molar refractivity (Wildman–Crippen MR) is 84.0 cm³/mol. The lowest BCUT2D eigenvalue weighted by Gasteiger charge is -2.27. The summed E-state index contributed by atoms with van der Waals surface area (Å²) in [6, 6.07) is 3.06. The quantitative estimate of drug-likeness (QED) is 0.436. The van der Waals surface area contributed by atoms with Crippen molar-refractivity contribution in [3.8, 4) is 11.1 Å². The second kappa shape index (κ2) is 7.81. The van der Waals surface area contributed by atoms with Crippen molar-refractivity contribution in [3.63, 3.8) is 0 Å². The molecular formula is C15H16F2N3O4S-. The van der Waals surface area contributed by atoms with E-state index in [9.17, 15) is 22.3 Å². The SMILES string of the molecule is CC(CCn1cc(-c2cc(F)ccc2F)cn1)(CS(=O)[O-])C(=O)NO. The number of carbonyl (C=O) groups excluding carboxylic acids is 1. The van der Waals surface area contributed by atoms with Crippen molar-refractivity contribution in [2.24, 2.45) is 5.41 Å². The van der Waals surface area contributed by atoms with Crippen molar-refractivity contribution < 1.29 is 27.5 Å². The molecule has 2 rings (SSSR count). The first-order valence-electron chi connectivity index (χ1n) is 7.23. The van der Waals surface area contributed by atoms with Crippen LogP contribution in [-0.4, -0.2) is 35.4 Å². The first-order chi connectivity index (χ1) is 11.7. The van der Waals surface area contributed by atoms with E-state index in [-0.39, 0.29) is 18.5 Å². The van der Waals surface area contributed by atoms with Gasteiger partial charge in [-0.25, -0.2) is 14.3 Å². The highest BCUT2D eigenvalue weighted by molar-refractivity contribution is 7.79. The zero-order valence-corrected chi connectivity index (χ0v) is 14.1. The predicted octanol–water partition coefficient (Wildman–Crippen LogP) is 1.61. The molecule has 0 radical (unpaired) electrons. The van der Waals surface area contributed by atoms with Gasteiger partial charge in [-0.15, -0.1) is 0 Å². The fourth-order valence-corrected chi connectivity index (χ4v) is 3.15. The topological polar surface area (TPSA) is 107 Å². The van der Waals surface area contributed by atoms with E-state index in [1.165, 1.54) is 29.5 Å². The van der Waals surface area contributed by atoms with Crippen molar-refractivity contribution in [1.82, 2.24) is 15.3 Å². The Labute approximate surface area is 144 Å². The molecule has 2 atom stereocenters. The maximum atomic E-state index is 13.8. The normalized spacial score (nSPS) is 14.8. The second-order valence-electron chi connectivity index (χ2n) is 5.82. The van der Waals surface area contributed by atoms with Gasteiger partial charge in [0.25, 0.3) is 0 Å². The van der Waals surface area contributed by atoms with Gasteiger partial charge in [-0.2, -0.15) is 5.10 Å². The molecule has 2 aromatic rings. The average molecular weight is 372 g/mol. The van der Waals surface area contributed by atoms with Crippen molar-refractivity contribution >= 4 is 17.0 Å². The summed E-state index contributed by atoms with van der Waals surface area (Å²) in [6.45, 7) is 1.53. The molecule has 0 aliphatic heterocycles. The minimum atomic E-state index is -2.49. The largest absolute Gasteiger partial charge is 0.772 e. The maximum Gasteiger partial charge on any atom is 0.250 e. The van der Waals surface area contributed by atoms with Crippen LogP contribution >= 0.6 is 0 Å². The molecule has 0 saturated heterocycles. The van der Waals surface area contributed by atoms with Gasteiger partial charge in [0.05, 0.1) is 11.6 Å². The molecular weight excluding hydrogens is 356 g/mol. The highest BCUT2D eigenvalue weighted by Crippen LogP contribution is 2.26. The lowest BCUT2D eigenvalue weighted by molar-refractivity contribution is -0.138. The highest BCUT2D eigenvalue weighted by Gasteiger charge is 2.33.